The summed E-state index contributed by atoms with van der Waals surface area (Å²) < 4.78 is 0. The summed E-state index contributed by atoms with van der Waals surface area (Å²) in [6, 6.07) is 3.13. The van der Waals surface area contributed by atoms with Crippen LogP contribution in [0.1, 0.15) is 10.4 Å². The van der Waals surface area contributed by atoms with Crippen molar-refractivity contribution in [3.05, 3.63) is 22.7 Å². The lowest BCUT2D eigenvalue weighted by atomic mass is 10.1. The minimum atomic E-state index is -0.110. The Morgan fingerprint density at radius 1 is 1.38 bits per heavy atom. The summed E-state index contributed by atoms with van der Waals surface area (Å²) in [7, 11) is 0. The first-order valence-corrected chi connectivity index (χ1v) is 5.00. The van der Waals surface area contributed by atoms with Gasteiger partial charge in [-0.25, -0.2) is 0 Å². The third kappa shape index (κ3) is 1.95. The standard InChI is InChI=1S/C8H8BrClN2O/c9-3-6(13)4-1-2-5(10)8(12)7(4)11/h1-2H,3,11-12H2. The van der Waals surface area contributed by atoms with Gasteiger partial charge >= 0.3 is 0 Å². The number of Topliss-reactive ketones (excluding diaryl/α,β-unsaturated/α-hetero) is 1. The zero-order valence-corrected chi connectivity index (χ0v) is 9.02. The Kier molecular flexibility index (Phi) is 3.17. The third-order valence-corrected chi connectivity index (χ3v) is 2.49. The molecule has 0 spiro atoms. The van der Waals surface area contributed by atoms with Crippen molar-refractivity contribution in [1.82, 2.24) is 0 Å². The highest BCUT2D eigenvalue weighted by Gasteiger charge is 2.11. The summed E-state index contributed by atoms with van der Waals surface area (Å²) in [5.74, 6) is -0.110. The number of anilines is 2. The highest BCUT2D eigenvalue weighted by atomic mass is 79.9. The number of halogens is 2. The van der Waals surface area contributed by atoms with Crippen LogP contribution in [-0.4, -0.2) is 11.1 Å². The highest BCUT2D eigenvalue weighted by Crippen LogP contribution is 2.28. The number of nitrogen functional groups attached to an aromatic ring is 2. The van der Waals surface area contributed by atoms with E-state index >= 15 is 0 Å². The van der Waals surface area contributed by atoms with Crippen LogP contribution in [0.3, 0.4) is 0 Å². The normalized spacial score (nSPS) is 10.0. The Morgan fingerprint density at radius 2 is 2.00 bits per heavy atom. The number of nitrogens with two attached hydrogens (primary N) is 2. The van der Waals surface area contributed by atoms with E-state index in [0.29, 0.717) is 10.6 Å². The zero-order chi connectivity index (χ0) is 10.0. The molecule has 0 amide bonds. The second-order valence-corrected chi connectivity index (χ2v) is 3.45. The molecule has 3 nitrogen and oxygen atoms in total. The quantitative estimate of drug-likeness (QED) is 0.488. The van der Waals surface area contributed by atoms with Gasteiger partial charge in [0.15, 0.2) is 5.78 Å². The molecule has 0 heterocycles. The van der Waals surface area contributed by atoms with E-state index in [4.69, 9.17) is 23.1 Å². The van der Waals surface area contributed by atoms with E-state index in [9.17, 15) is 4.79 Å². The van der Waals surface area contributed by atoms with Crippen LogP contribution >= 0.6 is 27.5 Å². The molecule has 0 unspecified atom stereocenters. The van der Waals surface area contributed by atoms with Crippen LogP contribution in [0.25, 0.3) is 0 Å². The van der Waals surface area contributed by atoms with Gasteiger partial charge in [-0.1, -0.05) is 27.5 Å². The summed E-state index contributed by atoms with van der Waals surface area (Å²) >= 11 is 8.76. The van der Waals surface area contributed by atoms with Gasteiger partial charge in [0, 0.05) is 5.56 Å². The van der Waals surface area contributed by atoms with E-state index < -0.39 is 0 Å². The minimum absolute atomic E-state index is 0.110. The minimum Gasteiger partial charge on any atom is -0.396 e. The molecule has 1 aromatic rings. The Labute approximate surface area is 89.2 Å². The molecule has 0 aliphatic carbocycles. The van der Waals surface area contributed by atoms with Gasteiger partial charge in [0.1, 0.15) is 0 Å². The largest absolute Gasteiger partial charge is 0.396 e. The van der Waals surface area contributed by atoms with Crippen LogP contribution in [0.4, 0.5) is 11.4 Å². The molecule has 0 radical (unpaired) electrons. The molecule has 5 heteroatoms. The predicted octanol–water partition coefficient (Wildman–Crippen LogP) is 2.08. The molecule has 13 heavy (non-hydrogen) atoms. The van der Waals surface area contributed by atoms with Gasteiger partial charge in [0.25, 0.3) is 0 Å². The van der Waals surface area contributed by atoms with Crippen molar-refractivity contribution < 1.29 is 4.79 Å². The Bertz CT molecular complexity index is 354. The molecule has 1 rings (SSSR count). The lowest BCUT2D eigenvalue weighted by Gasteiger charge is -2.06. The number of carbonyl (C=O) groups is 1. The van der Waals surface area contributed by atoms with Crippen molar-refractivity contribution in [2.75, 3.05) is 16.8 Å². The lowest BCUT2D eigenvalue weighted by Crippen LogP contribution is -2.07. The van der Waals surface area contributed by atoms with E-state index in [1.807, 2.05) is 0 Å². The second kappa shape index (κ2) is 3.98. The lowest BCUT2D eigenvalue weighted by molar-refractivity contribution is 0.102. The predicted molar refractivity (Wildman–Crippen MR) is 58.4 cm³/mol. The molecule has 0 aromatic heterocycles. The van der Waals surface area contributed by atoms with Crippen LogP contribution in [0.5, 0.6) is 0 Å². The molecule has 0 bridgehead atoms. The van der Waals surface area contributed by atoms with E-state index in [2.05, 4.69) is 15.9 Å². The van der Waals surface area contributed by atoms with Crippen molar-refractivity contribution >= 4 is 44.7 Å². The molecular formula is C8H8BrClN2O. The molecule has 0 saturated carbocycles. The van der Waals surface area contributed by atoms with Crippen molar-refractivity contribution in [1.29, 1.82) is 0 Å². The van der Waals surface area contributed by atoms with Crippen LogP contribution in [-0.2, 0) is 0 Å². The summed E-state index contributed by atoms with van der Waals surface area (Å²) in [6.07, 6.45) is 0. The number of benzene rings is 1. The van der Waals surface area contributed by atoms with Gasteiger partial charge in [-0.2, -0.15) is 0 Å². The van der Waals surface area contributed by atoms with E-state index in [-0.39, 0.29) is 22.5 Å². The van der Waals surface area contributed by atoms with Gasteiger partial charge in [0.05, 0.1) is 21.7 Å². The number of hydrogen-bond donors (Lipinski definition) is 2. The highest BCUT2D eigenvalue weighted by molar-refractivity contribution is 9.09. The molecule has 4 N–H and O–H groups in total. The number of alkyl halides is 1. The maximum absolute atomic E-state index is 11.3. The Hall–Kier alpha value is -0.740. The van der Waals surface area contributed by atoms with Crippen molar-refractivity contribution in [2.45, 2.75) is 0 Å². The zero-order valence-electron chi connectivity index (χ0n) is 6.68. The monoisotopic (exact) mass is 262 g/mol. The Morgan fingerprint density at radius 3 is 2.54 bits per heavy atom. The average Bonchev–Trinajstić information content (AvgIpc) is 2.13. The van der Waals surface area contributed by atoms with Gasteiger partial charge in [-0.15, -0.1) is 0 Å². The number of hydrogen-bond acceptors (Lipinski definition) is 3. The van der Waals surface area contributed by atoms with E-state index in [1.54, 1.807) is 12.1 Å². The molecular weight excluding hydrogens is 255 g/mol. The first-order chi connectivity index (χ1) is 6.07. The first-order valence-electron chi connectivity index (χ1n) is 3.50. The molecule has 0 atom stereocenters. The fraction of sp³-hybridized carbons (Fsp3) is 0.125. The van der Waals surface area contributed by atoms with Gasteiger partial charge in [-0.05, 0) is 12.1 Å². The van der Waals surface area contributed by atoms with Crippen molar-refractivity contribution in [3.63, 3.8) is 0 Å². The number of rotatable bonds is 2. The van der Waals surface area contributed by atoms with Crippen LogP contribution in [0, 0.1) is 0 Å². The first kappa shape index (κ1) is 10.3. The molecule has 0 saturated heterocycles. The van der Waals surface area contributed by atoms with Crippen LogP contribution in [0.15, 0.2) is 12.1 Å². The molecule has 0 aliphatic rings. The average molecular weight is 264 g/mol. The smallest absolute Gasteiger partial charge is 0.175 e. The maximum Gasteiger partial charge on any atom is 0.175 e. The van der Waals surface area contributed by atoms with Gasteiger partial charge < -0.3 is 11.5 Å². The van der Waals surface area contributed by atoms with Crippen LogP contribution < -0.4 is 11.5 Å². The summed E-state index contributed by atoms with van der Waals surface area (Å²) in [4.78, 5) is 11.3. The maximum atomic E-state index is 11.3. The fourth-order valence-corrected chi connectivity index (χ4v) is 1.39. The SMILES string of the molecule is Nc1c(Cl)ccc(C(=O)CBr)c1N. The second-order valence-electron chi connectivity index (χ2n) is 2.48. The van der Waals surface area contributed by atoms with E-state index in [1.165, 1.54) is 0 Å². The molecule has 1 aromatic carbocycles. The molecule has 0 aliphatic heterocycles. The van der Waals surface area contributed by atoms with Gasteiger partial charge in [-0.3, -0.25) is 4.79 Å². The fourth-order valence-electron chi connectivity index (χ4n) is 0.925. The van der Waals surface area contributed by atoms with E-state index in [0.717, 1.165) is 0 Å². The number of ketones is 1. The molecule has 70 valence electrons. The van der Waals surface area contributed by atoms with Crippen LogP contribution in [0.2, 0.25) is 5.02 Å². The summed E-state index contributed by atoms with van der Waals surface area (Å²) in [5.41, 5.74) is 12.1. The molecule has 0 fully saturated rings. The third-order valence-electron chi connectivity index (χ3n) is 1.66. The summed E-state index contributed by atoms with van der Waals surface area (Å²) in [5, 5.41) is 0.585. The van der Waals surface area contributed by atoms with Gasteiger partial charge in [0.2, 0.25) is 0 Å². The Balaban J connectivity index is 3.26. The van der Waals surface area contributed by atoms with Crippen molar-refractivity contribution in [2.24, 2.45) is 0 Å². The topological polar surface area (TPSA) is 69.1 Å². The summed E-state index contributed by atoms with van der Waals surface area (Å²) in [6.45, 7) is 0. The number of carbonyl (C=O) groups excluding carboxylic acids is 1. The van der Waals surface area contributed by atoms with Crippen molar-refractivity contribution in [3.8, 4) is 0 Å².